The smallest absolute Gasteiger partial charge is 0.330 e. The van der Waals surface area contributed by atoms with Gasteiger partial charge in [-0.2, -0.15) is 0 Å². The first kappa shape index (κ1) is 15.6. The quantitative estimate of drug-likeness (QED) is 0.477. The van der Waals surface area contributed by atoms with Gasteiger partial charge >= 0.3 is 5.97 Å². The molecule has 1 aliphatic rings. The minimum Gasteiger partial charge on any atom is -0.463 e. The fourth-order valence-electron chi connectivity index (χ4n) is 1.73. The molecular weight excluding hydrogens is 286 g/mol. The molecule has 1 aliphatic carbocycles. The van der Waals surface area contributed by atoms with Crippen LogP contribution in [0.25, 0.3) is 0 Å². The fourth-order valence-corrected chi connectivity index (χ4v) is 2.50. The maximum absolute atomic E-state index is 11.7. The van der Waals surface area contributed by atoms with Crippen LogP contribution in [0.2, 0.25) is 0 Å². The number of rotatable bonds is 7. The predicted molar refractivity (Wildman–Crippen MR) is 84.3 cm³/mol. The number of ether oxygens (including phenoxy) is 1. The van der Waals surface area contributed by atoms with E-state index in [1.54, 1.807) is 24.8 Å². The maximum atomic E-state index is 11.7. The zero-order chi connectivity index (χ0) is 15.1. The van der Waals surface area contributed by atoms with Gasteiger partial charge in [0.05, 0.1) is 6.61 Å². The molecule has 0 spiro atoms. The second-order valence-corrected chi connectivity index (χ2v) is 5.85. The van der Waals surface area contributed by atoms with Crippen LogP contribution in [-0.4, -0.2) is 24.2 Å². The Balaban J connectivity index is 1.80. The second-order valence-electron chi connectivity index (χ2n) is 4.76. The molecule has 4 nitrogen and oxygen atoms in total. The lowest BCUT2D eigenvalue weighted by Gasteiger charge is -2.06. The normalized spacial score (nSPS) is 14.1. The highest BCUT2D eigenvalue weighted by molar-refractivity contribution is 7.99. The van der Waals surface area contributed by atoms with Gasteiger partial charge in [0.15, 0.2) is 0 Å². The Hall–Kier alpha value is -1.75. The van der Waals surface area contributed by atoms with Crippen molar-refractivity contribution in [3.05, 3.63) is 36.4 Å². The third-order valence-corrected chi connectivity index (χ3v) is 3.88. The van der Waals surface area contributed by atoms with Crippen LogP contribution in [0, 0.1) is 5.92 Å². The molecule has 1 fully saturated rings. The zero-order valence-corrected chi connectivity index (χ0v) is 12.8. The Morgan fingerprint density at radius 2 is 2.24 bits per heavy atom. The van der Waals surface area contributed by atoms with E-state index in [0.717, 1.165) is 23.4 Å². The van der Waals surface area contributed by atoms with Gasteiger partial charge in [-0.05, 0) is 38.0 Å². The van der Waals surface area contributed by atoms with Gasteiger partial charge in [0.2, 0.25) is 5.91 Å². The van der Waals surface area contributed by atoms with Gasteiger partial charge in [-0.1, -0.05) is 12.1 Å². The summed E-state index contributed by atoms with van der Waals surface area (Å²) in [7, 11) is 0. The molecule has 0 aliphatic heterocycles. The molecular formula is C16H19NO3S. The molecule has 0 heterocycles. The van der Waals surface area contributed by atoms with Crippen molar-refractivity contribution < 1.29 is 14.3 Å². The number of carbonyl (C=O) groups is 2. The molecule has 21 heavy (non-hydrogen) atoms. The van der Waals surface area contributed by atoms with Crippen molar-refractivity contribution in [2.45, 2.75) is 24.7 Å². The lowest BCUT2D eigenvalue weighted by Crippen LogP contribution is -2.13. The largest absolute Gasteiger partial charge is 0.463 e. The standard InChI is InChI=1S/C16H19NO3S/c1-2-20-15(18)7-4-10-21-14-6-3-5-13(11-14)17-16(19)12-8-9-12/h3-7,11-12H,2,8-10H2,1H3,(H,17,19)/b7-4+. The van der Waals surface area contributed by atoms with Gasteiger partial charge < -0.3 is 10.1 Å². The van der Waals surface area contributed by atoms with Crippen LogP contribution in [0.3, 0.4) is 0 Å². The van der Waals surface area contributed by atoms with Crippen molar-refractivity contribution in [1.29, 1.82) is 0 Å². The van der Waals surface area contributed by atoms with E-state index in [-0.39, 0.29) is 17.8 Å². The van der Waals surface area contributed by atoms with Gasteiger partial charge in [-0.3, -0.25) is 4.79 Å². The van der Waals surface area contributed by atoms with Crippen molar-refractivity contribution in [3.63, 3.8) is 0 Å². The minimum absolute atomic E-state index is 0.111. The van der Waals surface area contributed by atoms with Gasteiger partial charge in [0.25, 0.3) is 0 Å². The first-order valence-electron chi connectivity index (χ1n) is 7.06. The van der Waals surface area contributed by atoms with Crippen LogP contribution in [0.1, 0.15) is 19.8 Å². The number of hydrogen-bond donors (Lipinski definition) is 1. The van der Waals surface area contributed by atoms with E-state index in [4.69, 9.17) is 4.74 Å². The van der Waals surface area contributed by atoms with E-state index in [1.165, 1.54) is 6.08 Å². The highest BCUT2D eigenvalue weighted by Gasteiger charge is 2.29. The number of esters is 1. The molecule has 0 radical (unpaired) electrons. The molecule has 1 N–H and O–H groups in total. The molecule has 0 saturated heterocycles. The summed E-state index contributed by atoms with van der Waals surface area (Å²) in [6.07, 6.45) is 5.21. The molecule has 0 aromatic heterocycles. The third kappa shape index (κ3) is 5.63. The summed E-state index contributed by atoms with van der Waals surface area (Å²) < 4.78 is 4.80. The van der Waals surface area contributed by atoms with Crippen molar-refractivity contribution in [2.24, 2.45) is 5.92 Å². The number of hydrogen-bond acceptors (Lipinski definition) is 4. The highest BCUT2D eigenvalue weighted by atomic mass is 32.2. The summed E-state index contributed by atoms with van der Waals surface area (Å²) in [5.74, 6) is 0.676. The van der Waals surface area contributed by atoms with Crippen molar-refractivity contribution in [2.75, 3.05) is 17.7 Å². The SMILES string of the molecule is CCOC(=O)/C=C/CSc1cccc(NC(=O)C2CC2)c1. The van der Waals surface area contributed by atoms with E-state index in [2.05, 4.69) is 5.32 Å². The molecule has 5 heteroatoms. The van der Waals surface area contributed by atoms with Crippen molar-refractivity contribution >= 4 is 29.3 Å². The predicted octanol–water partition coefficient (Wildman–Crippen LogP) is 3.25. The molecule has 1 aromatic carbocycles. The number of nitrogens with one attached hydrogen (secondary N) is 1. The summed E-state index contributed by atoms with van der Waals surface area (Å²) in [5, 5.41) is 2.93. The van der Waals surface area contributed by atoms with E-state index in [9.17, 15) is 9.59 Å². The number of benzene rings is 1. The monoisotopic (exact) mass is 305 g/mol. The highest BCUT2D eigenvalue weighted by Crippen LogP contribution is 2.30. The average molecular weight is 305 g/mol. The van der Waals surface area contributed by atoms with Crippen LogP contribution in [0.15, 0.2) is 41.3 Å². The number of anilines is 1. The van der Waals surface area contributed by atoms with Crippen LogP contribution in [0.5, 0.6) is 0 Å². The lowest BCUT2D eigenvalue weighted by atomic mass is 10.3. The van der Waals surface area contributed by atoms with Crippen molar-refractivity contribution in [1.82, 2.24) is 0 Å². The van der Waals surface area contributed by atoms with Crippen LogP contribution < -0.4 is 5.32 Å². The van der Waals surface area contributed by atoms with Gasteiger partial charge in [-0.15, -0.1) is 11.8 Å². The molecule has 2 rings (SSSR count). The Labute approximate surface area is 128 Å². The lowest BCUT2D eigenvalue weighted by molar-refractivity contribution is -0.137. The summed E-state index contributed by atoms with van der Waals surface area (Å²) in [6.45, 7) is 2.17. The Kier molecular flexibility index (Phi) is 5.87. The topological polar surface area (TPSA) is 55.4 Å². The molecule has 0 atom stereocenters. The third-order valence-electron chi connectivity index (χ3n) is 2.94. The summed E-state index contributed by atoms with van der Waals surface area (Å²) in [4.78, 5) is 23.9. The Morgan fingerprint density at radius 1 is 1.43 bits per heavy atom. The van der Waals surface area contributed by atoms with Crippen LogP contribution in [-0.2, 0) is 14.3 Å². The Morgan fingerprint density at radius 3 is 2.95 bits per heavy atom. The van der Waals surface area contributed by atoms with Gasteiger partial charge in [0.1, 0.15) is 0 Å². The summed E-state index contributed by atoms with van der Waals surface area (Å²) >= 11 is 1.60. The summed E-state index contributed by atoms with van der Waals surface area (Å²) in [5.41, 5.74) is 0.825. The number of amides is 1. The minimum atomic E-state index is -0.316. The van der Waals surface area contributed by atoms with E-state index in [1.807, 2.05) is 24.3 Å². The van der Waals surface area contributed by atoms with E-state index < -0.39 is 0 Å². The van der Waals surface area contributed by atoms with Crippen LogP contribution >= 0.6 is 11.8 Å². The first-order chi connectivity index (χ1) is 10.2. The molecule has 0 unspecified atom stereocenters. The fraction of sp³-hybridized carbons (Fsp3) is 0.375. The van der Waals surface area contributed by atoms with Gasteiger partial charge in [-0.25, -0.2) is 4.79 Å². The van der Waals surface area contributed by atoms with E-state index >= 15 is 0 Å². The van der Waals surface area contributed by atoms with E-state index in [0.29, 0.717) is 12.4 Å². The molecule has 0 bridgehead atoms. The second kappa shape index (κ2) is 7.88. The van der Waals surface area contributed by atoms with Gasteiger partial charge in [0, 0.05) is 28.3 Å². The van der Waals surface area contributed by atoms with Crippen LogP contribution in [0.4, 0.5) is 5.69 Å². The Bertz CT molecular complexity index is 538. The number of carbonyl (C=O) groups excluding carboxylic acids is 2. The summed E-state index contributed by atoms with van der Waals surface area (Å²) in [6, 6.07) is 7.73. The zero-order valence-electron chi connectivity index (χ0n) is 12.0. The first-order valence-corrected chi connectivity index (χ1v) is 8.04. The maximum Gasteiger partial charge on any atom is 0.330 e. The molecule has 112 valence electrons. The molecule has 1 amide bonds. The molecule has 1 aromatic rings. The average Bonchev–Trinajstić information content (AvgIpc) is 3.29. The number of thioether (sulfide) groups is 1. The molecule has 1 saturated carbocycles. The van der Waals surface area contributed by atoms with Crippen molar-refractivity contribution in [3.8, 4) is 0 Å².